The van der Waals surface area contributed by atoms with Crippen LogP contribution in [0.4, 0.5) is 13.2 Å². The van der Waals surface area contributed by atoms with Crippen LogP contribution in [0, 0.1) is 0 Å². The largest absolute Gasteiger partial charge is 0.433 e. The summed E-state index contributed by atoms with van der Waals surface area (Å²) in [6.45, 7) is 5.63. The molecule has 0 fully saturated rings. The fourth-order valence-corrected chi connectivity index (χ4v) is 1.46. The van der Waals surface area contributed by atoms with Crippen molar-refractivity contribution in [2.75, 3.05) is 0 Å². The summed E-state index contributed by atoms with van der Waals surface area (Å²) in [7, 11) is 0. The molecule has 1 aromatic heterocycles. The number of nitrogens with two attached hydrogens (primary N) is 1. The third-order valence-corrected chi connectivity index (χ3v) is 2.20. The van der Waals surface area contributed by atoms with Gasteiger partial charge < -0.3 is 5.73 Å². The maximum absolute atomic E-state index is 12.5. The topological polar surface area (TPSA) is 38.9 Å². The van der Waals surface area contributed by atoms with E-state index in [-0.39, 0.29) is 6.54 Å². The van der Waals surface area contributed by atoms with Crippen molar-refractivity contribution in [3.8, 4) is 0 Å². The minimum atomic E-state index is -4.41. The van der Waals surface area contributed by atoms with E-state index in [1.54, 1.807) is 0 Å². The van der Waals surface area contributed by atoms with E-state index in [0.717, 1.165) is 6.07 Å². The Kier molecular flexibility index (Phi) is 3.28. The molecule has 0 spiro atoms. The highest BCUT2D eigenvalue weighted by atomic mass is 19.4. The first-order valence-corrected chi connectivity index (χ1v) is 4.94. The monoisotopic (exact) mass is 232 g/mol. The predicted molar refractivity (Wildman–Crippen MR) is 55.8 cm³/mol. The van der Waals surface area contributed by atoms with E-state index in [1.807, 2.05) is 20.8 Å². The SMILES string of the molecule is CC(C)(C)c1nc(C(F)(F)F)ccc1CN. The smallest absolute Gasteiger partial charge is 0.326 e. The Balaban J connectivity index is 3.34. The van der Waals surface area contributed by atoms with Gasteiger partial charge in [-0.1, -0.05) is 26.8 Å². The molecule has 1 heterocycles. The molecule has 0 aliphatic heterocycles. The van der Waals surface area contributed by atoms with Crippen molar-refractivity contribution < 1.29 is 13.2 Å². The molecule has 90 valence electrons. The first kappa shape index (κ1) is 13.0. The number of alkyl halides is 3. The molecule has 0 bridgehead atoms. The van der Waals surface area contributed by atoms with Crippen LogP contribution in [0.25, 0.3) is 0 Å². The molecule has 1 aromatic rings. The van der Waals surface area contributed by atoms with E-state index in [2.05, 4.69) is 4.98 Å². The number of halogens is 3. The third kappa shape index (κ3) is 2.72. The lowest BCUT2D eigenvalue weighted by molar-refractivity contribution is -0.141. The first-order chi connectivity index (χ1) is 7.16. The number of rotatable bonds is 1. The van der Waals surface area contributed by atoms with Gasteiger partial charge in [-0.2, -0.15) is 13.2 Å². The Morgan fingerprint density at radius 1 is 1.19 bits per heavy atom. The second kappa shape index (κ2) is 4.05. The van der Waals surface area contributed by atoms with Crippen LogP contribution in [-0.4, -0.2) is 4.98 Å². The van der Waals surface area contributed by atoms with E-state index in [1.165, 1.54) is 6.07 Å². The van der Waals surface area contributed by atoms with Gasteiger partial charge in [0.1, 0.15) is 5.69 Å². The second-order valence-corrected chi connectivity index (χ2v) is 4.66. The molecule has 5 heteroatoms. The molecule has 0 aliphatic carbocycles. The zero-order valence-electron chi connectivity index (χ0n) is 9.52. The van der Waals surface area contributed by atoms with Crippen LogP contribution < -0.4 is 5.73 Å². The number of hydrogen-bond acceptors (Lipinski definition) is 2. The van der Waals surface area contributed by atoms with Crippen LogP contribution in [0.5, 0.6) is 0 Å². The molecule has 0 aromatic carbocycles. The zero-order valence-corrected chi connectivity index (χ0v) is 9.52. The van der Waals surface area contributed by atoms with Gasteiger partial charge in [-0.05, 0) is 11.6 Å². The van der Waals surface area contributed by atoms with Crippen LogP contribution in [0.1, 0.15) is 37.7 Å². The molecular formula is C11H15F3N2. The first-order valence-electron chi connectivity index (χ1n) is 4.94. The minimum absolute atomic E-state index is 0.192. The fraction of sp³-hybridized carbons (Fsp3) is 0.545. The number of nitrogens with zero attached hydrogens (tertiary/aromatic N) is 1. The molecule has 2 N–H and O–H groups in total. The lowest BCUT2D eigenvalue weighted by Crippen LogP contribution is -2.21. The van der Waals surface area contributed by atoms with Gasteiger partial charge in [0.15, 0.2) is 0 Å². The average molecular weight is 232 g/mol. The highest BCUT2D eigenvalue weighted by Crippen LogP contribution is 2.31. The number of pyridine rings is 1. The molecule has 0 amide bonds. The molecule has 16 heavy (non-hydrogen) atoms. The highest BCUT2D eigenvalue weighted by molar-refractivity contribution is 5.29. The van der Waals surface area contributed by atoms with Crippen molar-refractivity contribution in [2.24, 2.45) is 5.73 Å². The Morgan fingerprint density at radius 2 is 1.75 bits per heavy atom. The maximum Gasteiger partial charge on any atom is 0.433 e. The Labute approximate surface area is 92.7 Å². The summed E-state index contributed by atoms with van der Waals surface area (Å²) < 4.78 is 37.5. The summed E-state index contributed by atoms with van der Waals surface area (Å²) in [6, 6.07) is 2.37. The maximum atomic E-state index is 12.5. The van der Waals surface area contributed by atoms with E-state index < -0.39 is 17.3 Å². The zero-order chi connectivity index (χ0) is 12.6. The van der Waals surface area contributed by atoms with E-state index >= 15 is 0 Å². The molecule has 0 atom stereocenters. The predicted octanol–water partition coefficient (Wildman–Crippen LogP) is 2.86. The van der Waals surface area contributed by atoms with Gasteiger partial charge in [-0.3, -0.25) is 0 Å². The minimum Gasteiger partial charge on any atom is -0.326 e. The van der Waals surface area contributed by atoms with Crippen LogP contribution in [0.15, 0.2) is 12.1 Å². The van der Waals surface area contributed by atoms with Crippen molar-refractivity contribution in [1.29, 1.82) is 0 Å². The normalized spacial score (nSPS) is 12.9. The Hall–Kier alpha value is -1.10. The number of hydrogen-bond donors (Lipinski definition) is 1. The van der Waals surface area contributed by atoms with Gasteiger partial charge in [-0.15, -0.1) is 0 Å². The van der Waals surface area contributed by atoms with Gasteiger partial charge in [0, 0.05) is 12.0 Å². The van der Waals surface area contributed by atoms with Crippen LogP contribution in [0.3, 0.4) is 0 Å². The molecule has 0 saturated carbocycles. The van der Waals surface area contributed by atoms with Crippen LogP contribution in [0.2, 0.25) is 0 Å². The third-order valence-electron chi connectivity index (χ3n) is 2.20. The molecule has 1 rings (SSSR count). The van der Waals surface area contributed by atoms with Gasteiger partial charge in [0.05, 0.1) is 5.69 Å². The second-order valence-electron chi connectivity index (χ2n) is 4.66. The van der Waals surface area contributed by atoms with Crippen LogP contribution >= 0.6 is 0 Å². The lowest BCUT2D eigenvalue weighted by Gasteiger charge is -2.22. The Bertz CT molecular complexity index is 378. The van der Waals surface area contributed by atoms with E-state index in [4.69, 9.17) is 5.73 Å². The Morgan fingerprint density at radius 3 is 2.12 bits per heavy atom. The summed E-state index contributed by atoms with van der Waals surface area (Å²) in [5.74, 6) is 0. The summed E-state index contributed by atoms with van der Waals surface area (Å²) in [5.41, 5.74) is 5.23. The van der Waals surface area contributed by atoms with E-state index in [9.17, 15) is 13.2 Å². The van der Waals surface area contributed by atoms with Crippen LogP contribution in [-0.2, 0) is 18.1 Å². The van der Waals surface area contributed by atoms with Gasteiger partial charge in [0.2, 0.25) is 0 Å². The van der Waals surface area contributed by atoms with Crippen molar-refractivity contribution in [3.63, 3.8) is 0 Å². The summed E-state index contributed by atoms with van der Waals surface area (Å²) in [4.78, 5) is 3.68. The molecule has 0 radical (unpaired) electrons. The molecular weight excluding hydrogens is 217 g/mol. The van der Waals surface area contributed by atoms with Crippen molar-refractivity contribution in [2.45, 2.75) is 38.9 Å². The molecule has 0 saturated heterocycles. The fourth-order valence-electron chi connectivity index (χ4n) is 1.46. The lowest BCUT2D eigenvalue weighted by atomic mass is 9.88. The van der Waals surface area contributed by atoms with Crippen molar-refractivity contribution >= 4 is 0 Å². The molecule has 0 unspecified atom stereocenters. The number of aromatic nitrogens is 1. The van der Waals surface area contributed by atoms with Gasteiger partial charge in [0.25, 0.3) is 0 Å². The summed E-state index contributed by atoms with van der Waals surface area (Å²) in [5, 5.41) is 0. The van der Waals surface area contributed by atoms with E-state index in [0.29, 0.717) is 11.3 Å². The molecule has 0 aliphatic rings. The van der Waals surface area contributed by atoms with Crippen molar-refractivity contribution in [3.05, 3.63) is 29.1 Å². The summed E-state index contributed by atoms with van der Waals surface area (Å²) in [6.07, 6.45) is -4.41. The quantitative estimate of drug-likeness (QED) is 0.808. The standard InChI is InChI=1S/C11H15F3N2/c1-10(2,3)9-7(6-15)4-5-8(16-9)11(12,13)14/h4-5H,6,15H2,1-3H3. The van der Waals surface area contributed by atoms with Crippen molar-refractivity contribution in [1.82, 2.24) is 4.98 Å². The average Bonchev–Trinajstić information content (AvgIpc) is 2.14. The van der Waals surface area contributed by atoms with Gasteiger partial charge in [-0.25, -0.2) is 4.98 Å². The molecule has 2 nitrogen and oxygen atoms in total. The summed E-state index contributed by atoms with van der Waals surface area (Å²) >= 11 is 0. The highest BCUT2D eigenvalue weighted by Gasteiger charge is 2.34. The van der Waals surface area contributed by atoms with Gasteiger partial charge >= 0.3 is 6.18 Å².